The van der Waals surface area contributed by atoms with Gasteiger partial charge >= 0.3 is 0 Å². The standard InChI is InChI=1S/C26H21ClN4O2/c1-31(2)20-8-5-16(6-9-20)18-12-17-13-23(30-25(17)28-15-18)21-14-19(7-10-22(21)27)29-26(32)24-4-3-11-33-24/h3-12,14-15H,13H2,1-2H3,(H,29,32). The van der Waals surface area contributed by atoms with Gasteiger partial charge in [-0.25, -0.2) is 9.98 Å². The number of nitrogens with one attached hydrogen (secondary N) is 1. The summed E-state index contributed by atoms with van der Waals surface area (Å²) < 4.78 is 5.16. The molecule has 1 amide bonds. The number of anilines is 2. The molecule has 0 unspecified atom stereocenters. The summed E-state index contributed by atoms with van der Waals surface area (Å²) in [5.74, 6) is 0.615. The summed E-state index contributed by atoms with van der Waals surface area (Å²) in [7, 11) is 4.04. The van der Waals surface area contributed by atoms with Crippen molar-refractivity contribution in [3.05, 3.63) is 95.0 Å². The first-order valence-corrected chi connectivity index (χ1v) is 10.8. The summed E-state index contributed by atoms with van der Waals surface area (Å²) in [6.07, 6.45) is 3.92. The average Bonchev–Trinajstić information content (AvgIpc) is 3.50. The number of fused-ring (bicyclic) bond motifs is 1. The largest absolute Gasteiger partial charge is 0.459 e. The van der Waals surface area contributed by atoms with Gasteiger partial charge in [-0.1, -0.05) is 23.7 Å². The predicted molar refractivity (Wildman–Crippen MR) is 132 cm³/mol. The number of halogens is 1. The molecule has 4 aromatic rings. The average molecular weight is 457 g/mol. The maximum absolute atomic E-state index is 12.3. The number of aromatic nitrogens is 1. The van der Waals surface area contributed by atoms with Crippen molar-refractivity contribution >= 4 is 40.4 Å². The molecule has 33 heavy (non-hydrogen) atoms. The molecular weight excluding hydrogens is 436 g/mol. The van der Waals surface area contributed by atoms with Crippen LogP contribution in [0.15, 0.2) is 82.5 Å². The highest BCUT2D eigenvalue weighted by molar-refractivity contribution is 6.34. The van der Waals surface area contributed by atoms with E-state index in [0.717, 1.165) is 33.7 Å². The molecule has 0 radical (unpaired) electrons. The summed E-state index contributed by atoms with van der Waals surface area (Å²) in [5, 5.41) is 3.40. The summed E-state index contributed by atoms with van der Waals surface area (Å²) in [6, 6.07) is 19.1. The van der Waals surface area contributed by atoms with Crippen molar-refractivity contribution in [3.63, 3.8) is 0 Å². The molecule has 0 spiro atoms. The predicted octanol–water partition coefficient (Wildman–Crippen LogP) is 5.99. The van der Waals surface area contributed by atoms with Crippen LogP contribution in [0, 0.1) is 0 Å². The Bertz CT molecular complexity index is 1360. The van der Waals surface area contributed by atoms with Crippen molar-refractivity contribution in [1.29, 1.82) is 0 Å². The van der Waals surface area contributed by atoms with Crippen molar-refractivity contribution in [1.82, 2.24) is 4.98 Å². The Labute approximate surface area is 196 Å². The number of rotatable bonds is 5. The third-order valence-electron chi connectivity index (χ3n) is 5.54. The number of carbonyl (C=O) groups is 1. The number of furan rings is 1. The number of hydrogen-bond donors (Lipinski definition) is 1. The van der Waals surface area contributed by atoms with Crippen molar-refractivity contribution in [2.24, 2.45) is 4.99 Å². The Kier molecular flexibility index (Phi) is 5.44. The number of hydrogen-bond acceptors (Lipinski definition) is 5. The van der Waals surface area contributed by atoms with Gasteiger partial charge < -0.3 is 14.6 Å². The third kappa shape index (κ3) is 4.25. The third-order valence-corrected chi connectivity index (χ3v) is 5.87. The van der Waals surface area contributed by atoms with Gasteiger partial charge in [0.2, 0.25) is 0 Å². The van der Waals surface area contributed by atoms with Crippen molar-refractivity contribution in [2.75, 3.05) is 24.3 Å². The summed E-state index contributed by atoms with van der Waals surface area (Å²) in [4.78, 5) is 23.7. The minimum Gasteiger partial charge on any atom is -0.459 e. The highest BCUT2D eigenvalue weighted by Crippen LogP contribution is 2.33. The zero-order chi connectivity index (χ0) is 22.9. The van der Waals surface area contributed by atoms with Gasteiger partial charge in [0.25, 0.3) is 5.91 Å². The van der Waals surface area contributed by atoms with Crippen LogP contribution in [-0.2, 0) is 6.42 Å². The van der Waals surface area contributed by atoms with E-state index in [1.807, 2.05) is 26.4 Å². The number of carbonyl (C=O) groups excluding carboxylic acids is 1. The van der Waals surface area contributed by atoms with Crippen LogP contribution in [0.3, 0.4) is 0 Å². The summed E-state index contributed by atoms with van der Waals surface area (Å²) >= 11 is 6.49. The van der Waals surface area contributed by atoms with Crippen LogP contribution in [0.1, 0.15) is 21.7 Å². The molecule has 0 fully saturated rings. The second-order valence-electron chi connectivity index (χ2n) is 8.01. The maximum Gasteiger partial charge on any atom is 0.291 e. The monoisotopic (exact) mass is 456 g/mol. The first kappa shape index (κ1) is 21.0. The Morgan fingerprint density at radius 3 is 2.61 bits per heavy atom. The highest BCUT2D eigenvalue weighted by Gasteiger charge is 2.21. The molecular formula is C26H21ClN4O2. The van der Waals surface area contributed by atoms with E-state index < -0.39 is 0 Å². The van der Waals surface area contributed by atoms with E-state index in [1.165, 1.54) is 6.26 Å². The van der Waals surface area contributed by atoms with Crippen LogP contribution < -0.4 is 10.2 Å². The minimum absolute atomic E-state index is 0.243. The van der Waals surface area contributed by atoms with E-state index in [2.05, 4.69) is 45.5 Å². The fraction of sp³-hybridized carbons (Fsp3) is 0.115. The Morgan fingerprint density at radius 2 is 1.88 bits per heavy atom. The van der Waals surface area contributed by atoms with Crippen LogP contribution in [0.5, 0.6) is 0 Å². The molecule has 0 atom stereocenters. The molecule has 0 saturated heterocycles. The molecule has 2 aromatic carbocycles. The maximum atomic E-state index is 12.3. The van der Waals surface area contributed by atoms with Gasteiger partial charge in [0, 0.05) is 59.8 Å². The zero-order valence-corrected chi connectivity index (χ0v) is 18.9. The molecule has 5 rings (SSSR count). The van der Waals surface area contributed by atoms with Crippen LogP contribution in [0.25, 0.3) is 11.1 Å². The van der Waals surface area contributed by atoms with Crippen molar-refractivity contribution < 1.29 is 9.21 Å². The van der Waals surface area contributed by atoms with Crippen molar-refractivity contribution in [3.8, 4) is 11.1 Å². The quantitative estimate of drug-likeness (QED) is 0.400. The number of nitrogens with zero attached hydrogens (tertiary/aromatic N) is 3. The molecule has 1 N–H and O–H groups in total. The van der Waals surface area contributed by atoms with Gasteiger partial charge in [0.1, 0.15) is 0 Å². The Balaban J connectivity index is 1.38. The Hall–Kier alpha value is -3.90. The number of aliphatic imine (C=N–C) groups is 1. The lowest BCUT2D eigenvalue weighted by molar-refractivity contribution is 0.0996. The fourth-order valence-electron chi connectivity index (χ4n) is 3.77. The van der Waals surface area contributed by atoms with Gasteiger partial charge in [0.05, 0.1) is 12.0 Å². The van der Waals surface area contributed by atoms with Crippen LogP contribution in [0.4, 0.5) is 17.2 Å². The van der Waals surface area contributed by atoms with Gasteiger partial charge in [-0.05, 0) is 54.1 Å². The molecule has 0 saturated carbocycles. The molecule has 0 bridgehead atoms. The molecule has 164 valence electrons. The first-order chi connectivity index (χ1) is 16.0. The number of benzene rings is 2. The van der Waals surface area contributed by atoms with E-state index in [1.54, 1.807) is 24.3 Å². The van der Waals surface area contributed by atoms with Crippen LogP contribution in [-0.4, -0.2) is 30.7 Å². The molecule has 7 heteroatoms. The van der Waals surface area contributed by atoms with E-state index in [4.69, 9.17) is 21.0 Å². The van der Waals surface area contributed by atoms with Gasteiger partial charge in [-0.2, -0.15) is 0 Å². The molecule has 0 aliphatic carbocycles. The SMILES string of the molecule is CN(C)c1ccc(-c2cnc3c(c2)CC(c2cc(NC(=O)c4ccco4)ccc2Cl)=N3)cc1. The van der Waals surface area contributed by atoms with Crippen molar-refractivity contribution in [2.45, 2.75) is 6.42 Å². The summed E-state index contributed by atoms with van der Waals surface area (Å²) in [6.45, 7) is 0. The molecule has 3 heterocycles. The topological polar surface area (TPSA) is 70.7 Å². The Morgan fingerprint density at radius 1 is 1.06 bits per heavy atom. The molecule has 1 aliphatic rings. The first-order valence-electron chi connectivity index (χ1n) is 10.5. The van der Waals surface area contributed by atoms with Gasteiger partial charge in [0.15, 0.2) is 11.6 Å². The zero-order valence-electron chi connectivity index (χ0n) is 18.2. The lowest BCUT2D eigenvalue weighted by Gasteiger charge is -2.12. The fourth-order valence-corrected chi connectivity index (χ4v) is 4.00. The van der Waals surface area contributed by atoms with Crippen LogP contribution >= 0.6 is 11.6 Å². The van der Waals surface area contributed by atoms with Gasteiger partial charge in [-0.15, -0.1) is 0 Å². The molecule has 2 aromatic heterocycles. The van der Waals surface area contributed by atoms with E-state index in [0.29, 0.717) is 22.9 Å². The van der Waals surface area contributed by atoms with Crippen LogP contribution in [0.2, 0.25) is 5.02 Å². The minimum atomic E-state index is -0.323. The highest BCUT2D eigenvalue weighted by atomic mass is 35.5. The smallest absolute Gasteiger partial charge is 0.291 e. The van der Waals surface area contributed by atoms with E-state index in [9.17, 15) is 4.79 Å². The molecule has 1 aliphatic heterocycles. The lowest BCUT2D eigenvalue weighted by atomic mass is 10.0. The van der Waals surface area contributed by atoms with E-state index in [-0.39, 0.29) is 11.7 Å². The lowest BCUT2D eigenvalue weighted by Crippen LogP contribution is -2.11. The normalized spacial score (nSPS) is 12.3. The summed E-state index contributed by atoms with van der Waals surface area (Å²) in [5.41, 5.74) is 6.53. The van der Waals surface area contributed by atoms with Gasteiger partial charge in [-0.3, -0.25) is 4.79 Å². The number of amides is 1. The molecule has 6 nitrogen and oxygen atoms in total. The number of pyridine rings is 1. The second kappa shape index (κ2) is 8.56. The van der Waals surface area contributed by atoms with E-state index >= 15 is 0 Å². The second-order valence-corrected chi connectivity index (χ2v) is 8.42.